The molecule has 3 N–H and O–H groups in total. The Labute approximate surface area is 50.7 Å². The van der Waals surface area contributed by atoms with E-state index >= 15 is 0 Å². The van der Waals surface area contributed by atoms with Crippen molar-refractivity contribution in [1.82, 2.24) is 5.32 Å². The first-order valence-electron chi connectivity index (χ1n) is 3.44. The highest BCUT2D eigenvalue weighted by Gasteiger charge is 2.05. The third-order valence-corrected chi connectivity index (χ3v) is 1.65. The predicted octanol–water partition coefficient (Wildman–Crippen LogP) is -1.07. The van der Waals surface area contributed by atoms with Gasteiger partial charge in [-0.25, -0.2) is 0 Å². The van der Waals surface area contributed by atoms with Gasteiger partial charge in [0, 0.05) is 19.0 Å². The molecule has 0 aromatic rings. The monoisotopic (exact) mass is 115 g/mol. The second kappa shape index (κ2) is 3.05. The van der Waals surface area contributed by atoms with Gasteiger partial charge in [0.2, 0.25) is 0 Å². The topological polar surface area (TPSA) is 28.6 Å². The minimum atomic E-state index is 0.744. The van der Waals surface area contributed by atoms with Crippen molar-refractivity contribution in [3.63, 3.8) is 0 Å². The molecule has 0 aromatic carbocycles. The Morgan fingerprint density at radius 2 is 2.38 bits per heavy atom. The van der Waals surface area contributed by atoms with Crippen LogP contribution in [-0.2, 0) is 0 Å². The Hall–Kier alpha value is -0.0800. The zero-order valence-electron chi connectivity index (χ0n) is 5.48. The molecule has 0 spiro atoms. The van der Waals surface area contributed by atoms with Gasteiger partial charge in [0.25, 0.3) is 0 Å². The lowest BCUT2D eigenvalue weighted by atomic mass is 10.2. The van der Waals surface area contributed by atoms with Crippen LogP contribution in [0.15, 0.2) is 0 Å². The van der Waals surface area contributed by atoms with Crippen molar-refractivity contribution in [2.45, 2.75) is 19.4 Å². The summed E-state index contributed by atoms with van der Waals surface area (Å²) in [5.41, 5.74) is 0. The third-order valence-electron chi connectivity index (χ3n) is 1.65. The second-order valence-electron chi connectivity index (χ2n) is 2.51. The van der Waals surface area contributed by atoms with E-state index in [1.807, 2.05) is 0 Å². The van der Waals surface area contributed by atoms with Crippen molar-refractivity contribution in [1.29, 1.82) is 0 Å². The lowest BCUT2D eigenvalue weighted by Crippen LogP contribution is -2.84. The molecule has 2 heteroatoms. The summed E-state index contributed by atoms with van der Waals surface area (Å²) < 4.78 is 0. The van der Waals surface area contributed by atoms with Crippen LogP contribution in [0.4, 0.5) is 0 Å². The number of nitrogens with two attached hydrogens (primary N) is 1. The molecule has 0 unspecified atom stereocenters. The molecule has 1 fully saturated rings. The van der Waals surface area contributed by atoms with Gasteiger partial charge in [0.15, 0.2) is 0 Å². The standard InChI is InChI=1S/C6H14N2/c1-6-2-3-7-4-5-8-6/h6-8H,2-5H2,1H3/p+1/t6-/m0/s1. The van der Waals surface area contributed by atoms with Gasteiger partial charge >= 0.3 is 0 Å². The van der Waals surface area contributed by atoms with Gasteiger partial charge < -0.3 is 10.6 Å². The Morgan fingerprint density at radius 3 is 3.25 bits per heavy atom. The number of quaternary nitrogens is 1. The van der Waals surface area contributed by atoms with E-state index in [9.17, 15) is 0 Å². The van der Waals surface area contributed by atoms with Gasteiger partial charge in [-0.15, -0.1) is 0 Å². The summed E-state index contributed by atoms with van der Waals surface area (Å²) in [5.74, 6) is 0. The lowest BCUT2D eigenvalue weighted by Gasteiger charge is -2.04. The van der Waals surface area contributed by atoms with E-state index in [1.54, 1.807) is 0 Å². The fourth-order valence-corrected chi connectivity index (χ4v) is 1.05. The molecular weight excluding hydrogens is 100 g/mol. The number of hydrogen-bond donors (Lipinski definition) is 2. The molecule has 0 saturated carbocycles. The fraction of sp³-hybridized carbons (Fsp3) is 1.00. The molecule has 2 nitrogen and oxygen atoms in total. The van der Waals surface area contributed by atoms with Crippen LogP contribution in [-0.4, -0.2) is 25.7 Å². The molecule has 1 aliphatic rings. The average Bonchev–Trinajstić information content (AvgIpc) is 1.94. The minimum Gasteiger partial charge on any atom is -0.345 e. The Morgan fingerprint density at radius 1 is 1.50 bits per heavy atom. The zero-order chi connectivity index (χ0) is 5.82. The van der Waals surface area contributed by atoms with Crippen LogP contribution in [0.1, 0.15) is 13.3 Å². The predicted molar refractivity (Wildman–Crippen MR) is 33.7 cm³/mol. The molecule has 0 aliphatic carbocycles. The molecule has 1 atom stereocenters. The van der Waals surface area contributed by atoms with E-state index in [4.69, 9.17) is 0 Å². The molecule has 8 heavy (non-hydrogen) atoms. The summed E-state index contributed by atoms with van der Waals surface area (Å²) >= 11 is 0. The van der Waals surface area contributed by atoms with E-state index in [-0.39, 0.29) is 0 Å². The fourth-order valence-electron chi connectivity index (χ4n) is 1.05. The molecule has 1 rings (SSSR count). The normalized spacial score (nSPS) is 31.9. The van der Waals surface area contributed by atoms with Crippen LogP contribution in [0.2, 0.25) is 0 Å². The molecule has 1 aliphatic heterocycles. The maximum Gasteiger partial charge on any atom is 0.0882 e. The zero-order valence-corrected chi connectivity index (χ0v) is 5.48. The van der Waals surface area contributed by atoms with Gasteiger partial charge in [0.05, 0.1) is 13.1 Å². The summed E-state index contributed by atoms with van der Waals surface area (Å²) in [5, 5.41) is 5.78. The highest BCUT2D eigenvalue weighted by molar-refractivity contribution is 4.59. The average molecular weight is 115 g/mol. The highest BCUT2D eigenvalue weighted by atomic mass is 15.0. The third kappa shape index (κ3) is 1.80. The molecule has 0 radical (unpaired) electrons. The van der Waals surface area contributed by atoms with E-state index in [1.165, 1.54) is 26.1 Å². The highest BCUT2D eigenvalue weighted by Crippen LogP contribution is 1.85. The van der Waals surface area contributed by atoms with Crippen LogP contribution < -0.4 is 10.6 Å². The smallest absolute Gasteiger partial charge is 0.0882 e. The maximum atomic E-state index is 3.41. The second-order valence-corrected chi connectivity index (χ2v) is 2.51. The van der Waals surface area contributed by atoms with Gasteiger partial charge in [0.1, 0.15) is 0 Å². The summed E-state index contributed by atoms with van der Waals surface area (Å²) in [6.07, 6.45) is 1.32. The SMILES string of the molecule is C[C@H]1CC[NH2+]CCN1. The van der Waals surface area contributed by atoms with Crippen LogP contribution in [0.3, 0.4) is 0 Å². The van der Waals surface area contributed by atoms with Gasteiger partial charge in [-0.05, 0) is 6.92 Å². The maximum absolute atomic E-state index is 3.41. The van der Waals surface area contributed by atoms with Crippen molar-refractivity contribution < 1.29 is 5.32 Å². The molecule has 1 heterocycles. The molecular formula is C6H15N2+. The van der Waals surface area contributed by atoms with E-state index in [0.29, 0.717) is 0 Å². The van der Waals surface area contributed by atoms with Crippen LogP contribution in [0, 0.1) is 0 Å². The summed E-state index contributed by atoms with van der Waals surface area (Å²) in [7, 11) is 0. The Balaban J connectivity index is 2.17. The lowest BCUT2D eigenvalue weighted by molar-refractivity contribution is -0.650. The molecule has 0 aromatic heterocycles. The van der Waals surface area contributed by atoms with Crippen LogP contribution in [0.5, 0.6) is 0 Å². The van der Waals surface area contributed by atoms with Crippen LogP contribution in [0.25, 0.3) is 0 Å². The van der Waals surface area contributed by atoms with Crippen molar-refractivity contribution >= 4 is 0 Å². The number of rotatable bonds is 0. The molecule has 1 saturated heterocycles. The molecule has 0 bridgehead atoms. The summed E-state index contributed by atoms with van der Waals surface area (Å²) in [6, 6.07) is 0.744. The van der Waals surface area contributed by atoms with Crippen molar-refractivity contribution in [2.75, 3.05) is 19.6 Å². The first-order valence-corrected chi connectivity index (χ1v) is 3.44. The van der Waals surface area contributed by atoms with E-state index in [2.05, 4.69) is 17.6 Å². The van der Waals surface area contributed by atoms with Crippen molar-refractivity contribution in [2.24, 2.45) is 0 Å². The Kier molecular flexibility index (Phi) is 2.30. The van der Waals surface area contributed by atoms with Crippen molar-refractivity contribution in [3.8, 4) is 0 Å². The molecule has 0 amide bonds. The largest absolute Gasteiger partial charge is 0.345 e. The van der Waals surface area contributed by atoms with E-state index < -0.39 is 0 Å². The van der Waals surface area contributed by atoms with Gasteiger partial charge in [-0.2, -0.15) is 0 Å². The summed E-state index contributed by atoms with van der Waals surface area (Å²) in [4.78, 5) is 0. The van der Waals surface area contributed by atoms with Crippen LogP contribution >= 0.6 is 0 Å². The number of nitrogens with one attached hydrogen (secondary N) is 1. The van der Waals surface area contributed by atoms with E-state index in [0.717, 1.165) is 6.04 Å². The quantitative estimate of drug-likeness (QED) is 0.413. The van der Waals surface area contributed by atoms with Gasteiger partial charge in [-0.1, -0.05) is 0 Å². The van der Waals surface area contributed by atoms with Gasteiger partial charge in [-0.3, -0.25) is 0 Å². The molecule has 48 valence electrons. The van der Waals surface area contributed by atoms with Crippen molar-refractivity contribution in [3.05, 3.63) is 0 Å². The summed E-state index contributed by atoms with van der Waals surface area (Å²) in [6.45, 7) is 5.98. The number of hydrogen-bond acceptors (Lipinski definition) is 1. The first-order chi connectivity index (χ1) is 3.89. The minimum absolute atomic E-state index is 0.744. The Bertz CT molecular complexity index is 55.5. The first kappa shape index (κ1) is 6.05.